The zero-order valence-corrected chi connectivity index (χ0v) is 15.9. The van der Waals surface area contributed by atoms with Gasteiger partial charge in [0.25, 0.3) is 5.22 Å². The monoisotopic (exact) mass is 370 g/mol. The molecule has 0 atom stereocenters. The fraction of sp³-hybridized carbons (Fsp3) is 0.474. The summed E-state index contributed by atoms with van der Waals surface area (Å²) in [7, 11) is 0. The third-order valence-electron chi connectivity index (χ3n) is 4.50. The lowest BCUT2D eigenvalue weighted by Gasteiger charge is -2.31. The number of rotatable bonds is 5. The SMILES string of the molecule is Cc1cc(C)cc(-c2nnc(SCC(=O)NC3(C#N)CCCCC3)o2)c1. The number of nitriles is 1. The molecule has 0 radical (unpaired) electrons. The normalized spacial score (nSPS) is 16.0. The predicted molar refractivity (Wildman–Crippen MR) is 99.5 cm³/mol. The highest BCUT2D eigenvalue weighted by molar-refractivity contribution is 7.99. The van der Waals surface area contributed by atoms with Crippen molar-refractivity contribution in [1.82, 2.24) is 15.5 Å². The molecule has 6 nitrogen and oxygen atoms in total. The van der Waals surface area contributed by atoms with Crippen LogP contribution in [-0.4, -0.2) is 27.4 Å². The molecule has 1 N–H and O–H groups in total. The summed E-state index contributed by atoms with van der Waals surface area (Å²) in [6.45, 7) is 4.03. The lowest BCUT2D eigenvalue weighted by molar-refractivity contribution is -0.120. The van der Waals surface area contributed by atoms with Crippen LogP contribution in [-0.2, 0) is 4.79 Å². The summed E-state index contributed by atoms with van der Waals surface area (Å²) in [5, 5.41) is 20.8. The first kappa shape index (κ1) is 18.5. The molecule has 0 aliphatic heterocycles. The number of hydrogen-bond donors (Lipinski definition) is 1. The highest BCUT2D eigenvalue weighted by Gasteiger charge is 2.33. The smallest absolute Gasteiger partial charge is 0.277 e. The van der Waals surface area contributed by atoms with Gasteiger partial charge in [0.1, 0.15) is 5.54 Å². The number of benzene rings is 1. The maximum absolute atomic E-state index is 12.2. The molecule has 1 fully saturated rings. The summed E-state index contributed by atoms with van der Waals surface area (Å²) in [5.41, 5.74) is 2.41. The van der Waals surface area contributed by atoms with E-state index in [-0.39, 0.29) is 11.7 Å². The highest BCUT2D eigenvalue weighted by atomic mass is 32.2. The van der Waals surface area contributed by atoms with Crippen molar-refractivity contribution < 1.29 is 9.21 Å². The van der Waals surface area contributed by atoms with Crippen molar-refractivity contribution in [2.75, 3.05) is 5.75 Å². The van der Waals surface area contributed by atoms with Crippen LogP contribution in [0.2, 0.25) is 0 Å². The predicted octanol–water partition coefficient (Wildman–Crippen LogP) is 3.79. The third kappa shape index (κ3) is 4.44. The molecule has 0 saturated heterocycles. The van der Waals surface area contributed by atoms with Gasteiger partial charge in [0.2, 0.25) is 11.8 Å². The Morgan fingerprint density at radius 1 is 1.23 bits per heavy atom. The van der Waals surface area contributed by atoms with Crippen molar-refractivity contribution in [3.8, 4) is 17.5 Å². The molecule has 1 aliphatic carbocycles. The second-order valence-corrected chi connectivity index (χ2v) is 7.77. The number of aromatic nitrogens is 2. The first-order chi connectivity index (χ1) is 12.5. The van der Waals surface area contributed by atoms with Gasteiger partial charge in [0.05, 0.1) is 11.8 Å². The Hall–Kier alpha value is -2.33. The summed E-state index contributed by atoms with van der Waals surface area (Å²) in [4.78, 5) is 12.2. The van der Waals surface area contributed by atoms with E-state index >= 15 is 0 Å². The third-order valence-corrected chi connectivity index (χ3v) is 5.32. The number of carbonyl (C=O) groups excluding carboxylic acids is 1. The van der Waals surface area contributed by atoms with E-state index in [2.05, 4.69) is 27.6 Å². The molecule has 0 unspecified atom stereocenters. The Labute approximate surface area is 157 Å². The highest BCUT2D eigenvalue weighted by Crippen LogP contribution is 2.28. The topological polar surface area (TPSA) is 91.8 Å². The van der Waals surface area contributed by atoms with Gasteiger partial charge in [-0.2, -0.15) is 5.26 Å². The summed E-state index contributed by atoms with van der Waals surface area (Å²) in [5.74, 6) is 0.419. The average molecular weight is 370 g/mol. The lowest BCUT2D eigenvalue weighted by atomic mass is 9.83. The number of nitrogens with one attached hydrogen (secondary N) is 1. The molecular formula is C19H22N4O2S. The van der Waals surface area contributed by atoms with Crippen LogP contribution in [0.1, 0.15) is 43.2 Å². The second kappa shape index (κ2) is 7.92. The molecule has 1 aliphatic rings. The number of thioether (sulfide) groups is 1. The van der Waals surface area contributed by atoms with E-state index in [1.54, 1.807) is 0 Å². The molecule has 0 bridgehead atoms. The molecule has 26 heavy (non-hydrogen) atoms. The summed E-state index contributed by atoms with van der Waals surface area (Å²) in [6, 6.07) is 8.34. The minimum atomic E-state index is -0.713. The van der Waals surface area contributed by atoms with Crippen LogP contribution in [0.3, 0.4) is 0 Å². The second-order valence-electron chi connectivity index (χ2n) is 6.84. The van der Waals surface area contributed by atoms with Crippen LogP contribution in [0, 0.1) is 25.2 Å². The van der Waals surface area contributed by atoms with E-state index in [0.717, 1.165) is 48.8 Å². The van der Waals surface area contributed by atoms with Gasteiger partial charge in [-0.3, -0.25) is 4.79 Å². The molecule has 1 saturated carbocycles. The Bertz CT molecular complexity index is 814. The Kier molecular flexibility index (Phi) is 5.62. The van der Waals surface area contributed by atoms with Crippen molar-refractivity contribution in [2.45, 2.75) is 56.7 Å². The molecule has 1 aromatic heterocycles. The largest absolute Gasteiger partial charge is 0.411 e. The fourth-order valence-corrected chi connectivity index (χ4v) is 3.90. The van der Waals surface area contributed by atoms with Crippen LogP contribution >= 0.6 is 11.8 Å². The molecule has 1 heterocycles. The molecule has 0 spiro atoms. The molecule has 7 heteroatoms. The van der Waals surface area contributed by atoms with E-state index in [1.165, 1.54) is 11.8 Å². The molecular weight excluding hydrogens is 348 g/mol. The molecule has 2 aromatic rings. The van der Waals surface area contributed by atoms with Crippen molar-refractivity contribution in [1.29, 1.82) is 5.26 Å². The van der Waals surface area contributed by atoms with Gasteiger partial charge in [0.15, 0.2) is 0 Å². The van der Waals surface area contributed by atoms with Gasteiger partial charge in [-0.05, 0) is 38.8 Å². The van der Waals surface area contributed by atoms with Crippen LogP contribution in [0.5, 0.6) is 0 Å². The van der Waals surface area contributed by atoms with Crippen LogP contribution in [0.25, 0.3) is 11.5 Å². The Balaban J connectivity index is 1.59. The van der Waals surface area contributed by atoms with Crippen LogP contribution in [0.15, 0.2) is 27.8 Å². The average Bonchev–Trinajstić information content (AvgIpc) is 3.09. The molecule has 136 valence electrons. The maximum Gasteiger partial charge on any atom is 0.277 e. The Morgan fingerprint density at radius 3 is 2.58 bits per heavy atom. The number of amides is 1. The zero-order valence-electron chi connectivity index (χ0n) is 15.0. The number of nitrogens with zero attached hydrogens (tertiary/aromatic N) is 3. The molecule has 1 aromatic carbocycles. The van der Waals surface area contributed by atoms with Gasteiger partial charge in [-0.25, -0.2) is 0 Å². The van der Waals surface area contributed by atoms with Gasteiger partial charge in [-0.1, -0.05) is 48.2 Å². The van der Waals surface area contributed by atoms with Crippen molar-refractivity contribution in [2.24, 2.45) is 0 Å². The lowest BCUT2D eigenvalue weighted by Crippen LogP contribution is -2.49. The number of carbonyl (C=O) groups is 1. The fourth-order valence-electron chi connectivity index (χ4n) is 3.33. The van der Waals surface area contributed by atoms with Crippen LogP contribution < -0.4 is 5.32 Å². The van der Waals surface area contributed by atoms with Gasteiger partial charge in [-0.15, -0.1) is 10.2 Å². The van der Waals surface area contributed by atoms with E-state index in [4.69, 9.17) is 4.42 Å². The zero-order chi connectivity index (χ0) is 18.6. The summed E-state index contributed by atoms with van der Waals surface area (Å²) in [6.07, 6.45) is 4.51. The maximum atomic E-state index is 12.2. The standard InChI is InChI=1S/C19H22N4O2S/c1-13-8-14(2)10-15(9-13)17-22-23-18(25-17)26-11-16(24)21-19(12-20)6-4-3-5-7-19/h8-10H,3-7,11H2,1-2H3,(H,21,24). The van der Waals surface area contributed by atoms with Crippen molar-refractivity contribution in [3.05, 3.63) is 29.3 Å². The molecule has 3 rings (SSSR count). The minimum absolute atomic E-state index is 0.151. The Morgan fingerprint density at radius 2 is 1.92 bits per heavy atom. The van der Waals surface area contributed by atoms with E-state index < -0.39 is 5.54 Å². The van der Waals surface area contributed by atoms with Gasteiger partial charge < -0.3 is 9.73 Å². The van der Waals surface area contributed by atoms with Gasteiger partial charge in [0, 0.05) is 5.56 Å². The van der Waals surface area contributed by atoms with Gasteiger partial charge >= 0.3 is 0 Å². The first-order valence-electron chi connectivity index (χ1n) is 8.77. The van der Waals surface area contributed by atoms with Crippen molar-refractivity contribution in [3.63, 3.8) is 0 Å². The van der Waals surface area contributed by atoms with E-state index in [9.17, 15) is 10.1 Å². The van der Waals surface area contributed by atoms with Crippen LogP contribution in [0.4, 0.5) is 0 Å². The van der Waals surface area contributed by atoms with Crippen molar-refractivity contribution >= 4 is 17.7 Å². The number of aryl methyl sites for hydroxylation is 2. The quantitative estimate of drug-likeness (QED) is 0.805. The van der Waals surface area contributed by atoms with E-state index in [0.29, 0.717) is 11.1 Å². The number of hydrogen-bond acceptors (Lipinski definition) is 6. The minimum Gasteiger partial charge on any atom is -0.411 e. The summed E-state index contributed by atoms with van der Waals surface area (Å²) >= 11 is 1.19. The first-order valence-corrected chi connectivity index (χ1v) is 9.75. The van der Waals surface area contributed by atoms with E-state index in [1.807, 2.05) is 26.0 Å². The summed E-state index contributed by atoms with van der Waals surface area (Å²) < 4.78 is 5.67. The molecule has 1 amide bonds.